The van der Waals surface area contributed by atoms with Gasteiger partial charge in [0.1, 0.15) is 5.69 Å². The van der Waals surface area contributed by atoms with Crippen molar-refractivity contribution in [3.05, 3.63) is 28.2 Å². The number of amides is 1. The molecule has 0 bridgehead atoms. The molecule has 1 amide bonds. The van der Waals surface area contributed by atoms with Crippen LogP contribution in [0.5, 0.6) is 0 Å². The molecule has 0 spiro atoms. The topological polar surface area (TPSA) is 92.5 Å². The molecule has 1 aromatic rings. The zero-order valence-corrected chi connectivity index (χ0v) is 12.1. The van der Waals surface area contributed by atoms with Crippen LogP contribution in [-0.2, 0) is 11.8 Å². The van der Waals surface area contributed by atoms with Crippen molar-refractivity contribution in [3.8, 4) is 0 Å². The summed E-state index contributed by atoms with van der Waals surface area (Å²) in [6.45, 7) is 5.53. The summed E-state index contributed by atoms with van der Waals surface area (Å²) in [7, 11) is 1.46. The van der Waals surface area contributed by atoms with Gasteiger partial charge in [-0.3, -0.25) is 14.4 Å². The lowest BCUT2D eigenvalue weighted by atomic mass is 10.0. The molecule has 0 aliphatic rings. The minimum absolute atomic E-state index is 0.0855. The maximum Gasteiger partial charge on any atom is 0.305 e. The van der Waals surface area contributed by atoms with Crippen LogP contribution in [0.4, 0.5) is 0 Å². The van der Waals surface area contributed by atoms with E-state index in [1.54, 1.807) is 0 Å². The molecular weight excluding hydrogens is 262 g/mol. The highest BCUT2D eigenvalue weighted by Crippen LogP contribution is 2.16. The normalized spacial score (nSPS) is 11.2. The number of carbonyl (C=O) groups excluding carboxylic acids is 1. The van der Waals surface area contributed by atoms with Crippen molar-refractivity contribution in [2.45, 2.75) is 32.7 Å². The summed E-state index contributed by atoms with van der Waals surface area (Å²) in [6.07, 6.45) is -0.144. The number of carboxylic acid groups (broad SMARTS) is 1. The zero-order valence-electron chi connectivity index (χ0n) is 12.1. The fourth-order valence-electron chi connectivity index (χ4n) is 1.70. The molecule has 1 rings (SSSR count). The Kier molecular flexibility index (Phi) is 4.65. The zero-order chi connectivity index (χ0) is 15.5. The Labute approximate surface area is 116 Å². The highest BCUT2D eigenvalue weighted by molar-refractivity contribution is 5.92. The Morgan fingerprint density at radius 3 is 2.40 bits per heavy atom. The minimum Gasteiger partial charge on any atom is -0.481 e. The minimum atomic E-state index is -0.972. The maximum atomic E-state index is 12.4. The van der Waals surface area contributed by atoms with Gasteiger partial charge in [0.05, 0.1) is 6.42 Å². The van der Waals surface area contributed by atoms with E-state index in [9.17, 15) is 14.4 Å². The van der Waals surface area contributed by atoms with Crippen molar-refractivity contribution in [3.63, 3.8) is 0 Å². The van der Waals surface area contributed by atoms with Gasteiger partial charge in [0, 0.05) is 25.2 Å². The smallest absolute Gasteiger partial charge is 0.305 e. The van der Waals surface area contributed by atoms with Gasteiger partial charge in [-0.1, -0.05) is 0 Å². The first kappa shape index (κ1) is 15.9. The Bertz CT molecular complexity index is 572. The molecule has 7 heteroatoms. The molecule has 1 heterocycles. The van der Waals surface area contributed by atoms with E-state index in [2.05, 4.69) is 5.10 Å². The molecule has 1 N–H and O–H groups in total. The molecular formula is C13H19N3O4. The van der Waals surface area contributed by atoms with Gasteiger partial charge < -0.3 is 10.0 Å². The number of aromatic nitrogens is 2. The van der Waals surface area contributed by atoms with Crippen LogP contribution in [0.2, 0.25) is 0 Å². The average molecular weight is 281 g/mol. The SMILES string of the molecule is Cn1nc(C(=O)N(CCC(=O)O)C(C)(C)C)ccc1=O. The Morgan fingerprint density at radius 1 is 1.35 bits per heavy atom. The summed E-state index contributed by atoms with van der Waals surface area (Å²) in [6, 6.07) is 2.61. The maximum absolute atomic E-state index is 12.4. The van der Waals surface area contributed by atoms with Gasteiger partial charge in [0.2, 0.25) is 0 Å². The largest absolute Gasteiger partial charge is 0.481 e. The highest BCUT2D eigenvalue weighted by Gasteiger charge is 2.28. The molecule has 110 valence electrons. The van der Waals surface area contributed by atoms with Gasteiger partial charge in [0.25, 0.3) is 11.5 Å². The highest BCUT2D eigenvalue weighted by atomic mass is 16.4. The number of aliphatic carboxylic acids is 1. The second-order valence-corrected chi connectivity index (χ2v) is 5.45. The predicted molar refractivity (Wildman–Crippen MR) is 72.5 cm³/mol. The number of aryl methyl sites for hydroxylation is 1. The lowest BCUT2D eigenvalue weighted by Crippen LogP contribution is -2.47. The summed E-state index contributed by atoms with van der Waals surface area (Å²) >= 11 is 0. The fourth-order valence-corrected chi connectivity index (χ4v) is 1.70. The van der Waals surface area contributed by atoms with Crippen LogP contribution in [0.1, 0.15) is 37.7 Å². The van der Waals surface area contributed by atoms with Crippen LogP contribution in [0.15, 0.2) is 16.9 Å². The number of rotatable bonds is 4. The molecule has 0 fully saturated rings. The fraction of sp³-hybridized carbons (Fsp3) is 0.538. The van der Waals surface area contributed by atoms with Crippen LogP contribution in [-0.4, -0.2) is 43.7 Å². The van der Waals surface area contributed by atoms with Gasteiger partial charge in [0.15, 0.2) is 0 Å². The lowest BCUT2D eigenvalue weighted by Gasteiger charge is -2.35. The Morgan fingerprint density at radius 2 is 1.95 bits per heavy atom. The second-order valence-electron chi connectivity index (χ2n) is 5.45. The van der Waals surface area contributed by atoms with Gasteiger partial charge in [-0.25, -0.2) is 4.68 Å². The average Bonchev–Trinajstić information content (AvgIpc) is 2.30. The van der Waals surface area contributed by atoms with E-state index in [0.717, 1.165) is 4.68 Å². The van der Waals surface area contributed by atoms with Gasteiger partial charge in [-0.05, 0) is 26.8 Å². The Balaban J connectivity index is 3.06. The van der Waals surface area contributed by atoms with Crippen LogP contribution in [0.3, 0.4) is 0 Å². The van der Waals surface area contributed by atoms with E-state index in [0.29, 0.717) is 0 Å². The van der Waals surface area contributed by atoms with Crippen molar-refractivity contribution in [1.29, 1.82) is 0 Å². The van der Waals surface area contributed by atoms with E-state index >= 15 is 0 Å². The summed E-state index contributed by atoms with van der Waals surface area (Å²) in [4.78, 5) is 35.8. The van der Waals surface area contributed by atoms with Crippen molar-refractivity contribution in [2.24, 2.45) is 7.05 Å². The monoisotopic (exact) mass is 281 g/mol. The lowest BCUT2D eigenvalue weighted by molar-refractivity contribution is -0.137. The summed E-state index contributed by atoms with van der Waals surface area (Å²) in [5, 5.41) is 12.7. The third-order valence-electron chi connectivity index (χ3n) is 2.78. The van der Waals surface area contributed by atoms with Crippen molar-refractivity contribution >= 4 is 11.9 Å². The summed E-state index contributed by atoms with van der Waals surface area (Å²) in [5.74, 6) is -1.37. The molecule has 0 aliphatic heterocycles. The number of hydrogen-bond acceptors (Lipinski definition) is 4. The molecule has 0 unspecified atom stereocenters. The molecule has 20 heavy (non-hydrogen) atoms. The summed E-state index contributed by atoms with van der Waals surface area (Å²) < 4.78 is 1.07. The van der Waals surface area contributed by atoms with Crippen LogP contribution in [0.25, 0.3) is 0 Å². The number of carbonyl (C=O) groups is 2. The van der Waals surface area contributed by atoms with Crippen LogP contribution < -0.4 is 5.56 Å². The Hall–Kier alpha value is -2.18. The van der Waals surface area contributed by atoms with Crippen molar-refractivity contribution in [2.75, 3.05) is 6.54 Å². The molecule has 0 radical (unpaired) electrons. The molecule has 0 aromatic carbocycles. The molecule has 1 aromatic heterocycles. The molecule has 0 saturated carbocycles. The molecule has 0 saturated heterocycles. The molecule has 7 nitrogen and oxygen atoms in total. The van der Waals surface area contributed by atoms with Crippen molar-refractivity contribution in [1.82, 2.24) is 14.7 Å². The standard InChI is InChI=1S/C13H19N3O4/c1-13(2,3)16(8-7-11(18)19)12(20)9-5-6-10(17)15(4)14-9/h5-6H,7-8H2,1-4H3,(H,18,19). The third kappa shape index (κ3) is 3.91. The van der Waals surface area contributed by atoms with E-state index in [-0.39, 0.29) is 24.2 Å². The van der Waals surface area contributed by atoms with Gasteiger partial charge in [-0.2, -0.15) is 5.10 Å². The first-order chi connectivity index (χ1) is 9.12. The van der Waals surface area contributed by atoms with Gasteiger partial charge in [-0.15, -0.1) is 0 Å². The van der Waals surface area contributed by atoms with Gasteiger partial charge >= 0.3 is 5.97 Å². The predicted octanol–water partition coefficient (Wildman–Crippen LogP) is 0.496. The molecule has 0 atom stereocenters. The van der Waals surface area contributed by atoms with E-state index < -0.39 is 17.4 Å². The van der Waals surface area contributed by atoms with Crippen molar-refractivity contribution < 1.29 is 14.7 Å². The number of nitrogens with zero attached hydrogens (tertiary/aromatic N) is 3. The molecule has 0 aliphatic carbocycles. The number of hydrogen-bond donors (Lipinski definition) is 1. The van der Waals surface area contributed by atoms with Crippen LogP contribution in [0, 0.1) is 0 Å². The van der Waals surface area contributed by atoms with E-state index in [4.69, 9.17) is 5.11 Å². The number of carboxylic acids is 1. The van der Waals surface area contributed by atoms with E-state index in [1.807, 2.05) is 20.8 Å². The summed E-state index contributed by atoms with van der Waals surface area (Å²) in [5.41, 5.74) is -0.732. The van der Waals surface area contributed by atoms with E-state index in [1.165, 1.54) is 24.1 Å². The first-order valence-electron chi connectivity index (χ1n) is 6.21. The van der Waals surface area contributed by atoms with Crippen LogP contribution >= 0.6 is 0 Å². The quantitative estimate of drug-likeness (QED) is 0.867. The second kappa shape index (κ2) is 5.85. The third-order valence-corrected chi connectivity index (χ3v) is 2.78. The first-order valence-corrected chi connectivity index (χ1v) is 6.21.